The standard InChI is InChI=1S/C30H35FN6O3S/c1-21-5-8-26(9-6-21)41(39,40)37-16-13-32-30(38)29(37)18-25-20-36(34-33-25)28-4-2-3-23-17-22(7-10-27(23)28)19-35-14-11-24(31)12-15-35/h5-10,13,16-17,20,24,28-29H,2-4,11-12,14-15,18-19H2,1H3,(H,32,38)/t28-,29-/m1/s1. The molecule has 2 aliphatic heterocycles. The van der Waals surface area contributed by atoms with E-state index < -0.39 is 28.1 Å². The monoisotopic (exact) mass is 578 g/mol. The number of fused-ring (bicyclic) bond motifs is 1. The minimum absolute atomic E-state index is 0.0174. The second-order valence-corrected chi connectivity index (χ2v) is 13.1. The summed E-state index contributed by atoms with van der Waals surface area (Å²) < 4.78 is 43.4. The first-order valence-corrected chi connectivity index (χ1v) is 15.7. The maximum atomic E-state index is 13.5. The highest BCUT2D eigenvalue weighted by Gasteiger charge is 2.36. The Kier molecular flexibility index (Phi) is 7.65. The average Bonchev–Trinajstić information content (AvgIpc) is 3.43. The van der Waals surface area contributed by atoms with E-state index in [0.29, 0.717) is 18.5 Å². The maximum absolute atomic E-state index is 13.5. The van der Waals surface area contributed by atoms with E-state index in [-0.39, 0.29) is 17.4 Å². The number of likely N-dealkylation sites (tertiary alicyclic amines) is 1. The molecule has 9 nitrogen and oxygen atoms in total. The molecular formula is C30H35FN6O3S. The number of piperidine rings is 1. The third-order valence-electron chi connectivity index (χ3n) is 8.35. The summed E-state index contributed by atoms with van der Waals surface area (Å²) in [4.78, 5) is 15.3. The van der Waals surface area contributed by atoms with Crippen molar-refractivity contribution in [3.8, 4) is 0 Å². The van der Waals surface area contributed by atoms with Crippen LogP contribution in [0.4, 0.5) is 4.39 Å². The van der Waals surface area contributed by atoms with E-state index in [1.807, 2.05) is 17.8 Å². The SMILES string of the molecule is Cc1ccc(S(=O)(=O)N2C=CNC(=O)[C@H]2Cc2cn([C@@H]3CCCc4cc(CN5CCC(F)CC5)ccc43)nn2)cc1. The fraction of sp³-hybridized carbons (Fsp3) is 0.433. The summed E-state index contributed by atoms with van der Waals surface area (Å²) in [5.41, 5.74) is 5.24. The van der Waals surface area contributed by atoms with Crippen LogP contribution < -0.4 is 5.32 Å². The minimum atomic E-state index is -3.94. The highest BCUT2D eigenvalue weighted by atomic mass is 32.2. The number of aromatic nitrogens is 3. The molecule has 41 heavy (non-hydrogen) atoms. The molecule has 0 unspecified atom stereocenters. The van der Waals surface area contributed by atoms with Crippen LogP contribution in [-0.2, 0) is 34.2 Å². The van der Waals surface area contributed by atoms with E-state index in [2.05, 4.69) is 38.7 Å². The van der Waals surface area contributed by atoms with Crippen molar-refractivity contribution in [2.75, 3.05) is 13.1 Å². The second kappa shape index (κ2) is 11.4. The molecule has 1 aliphatic carbocycles. The third kappa shape index (κ3) is 5.78. The molecule has 1 fully saturated rings. The van der Waals surface area contributed by atoms with E-state index in [0.717, 1.165) is 48.8 Å². The van der Waals surface area contributed by atoms with Gasteiger partial charge in [0.25, 0.3) is 10.0 Å². The van der Waals surface area contributed by atoms with E-state index in [4.69, 9.17) is 0 Å². The van der Waals surface area contributed by atoms with Gasteiger partial charge in [0.1, 0.15) is 12.2 Å². The molecule has 216 valence electrons. The summed E-state index contributed by atoms with van der Waals surface area (Å²) in [5, 5.41) is 11.4. The average molecular weight is 579 g/mol. The van der Waals surface area contributed by atoms with E-state index in [9.17, 15) is 17.6 Å². The lowest BCUT2D eigenvalue weighted by molar-refractivity contribution is -0.124. The molecule has 1 saturated heterocycles. The molecule has 1 amide bonds. The lowest BCUT2D eigenvalue weighted by atomic mass is 9.86. The van der Waals surface area contributed by atoms with Gasteiger partial charge < -0.3 is 5.32 Å². The molecule has 11 heteroatoms. The fourth-order valence-electron chi connectivity index (χ4n) is 6.06. The van der Waals surface area contributed by atoms with Crippen LogP contribution in [0.1, 0.15) is 59.7 Å². The van der Waals surface area contributed by atoms with Gasteiger partial charge in [-0.25, -0.2) is 17.5 Å². The summed E-state index contributed by atoms with van der Waals surface area (Å²) in [6.45, 7) is 4.30. The third-order valence-corrected chi connectivity index (χ3v) is 10.1. The second-order valence-electron chi connectivity index (χ2n) is 11.3. The molecule has 2 aromatic carbocycles. The number of carbonyl (C=O) groups is 1. The van der Waals surface area contributed by atoms with Crippen LogP contribution in [0.15, 0.2) is 66.0 Å². The van der Waals surface area contributed by atoms with Crippen LogP contribution in [0.5, 0.6) is 0 Å². The number of nitrogens with one attached hydrogen (secondary N) is 1. The lowest BCUT2D eigenvalue weighted by Gasteiger charge is -2.31. The number of amides is 1. The first kappa shape index (κ1) is 27.6. The highest BCUT2D eigenvalue weighted by Crippen LogP contribution is 2.34. The Hall–Kier alpha value is -3.57. The Morgan fingerprint density at radius 2 is 1.85 bits per heavy atom. The van der Waals surface area contributed by atoms with Crippen molar-refractivity contribution >= 4 is 15.9 Å². The van der Waals surface area contributed by atoms with Gasteiger partial charge in [-0.1, -0.05) is 41.1 Å². The highest BCUT2D eigenvalue weighted by molar-refractivity contribution is 7.89. The molecule has 1 N–H and O–H groups in total. The molecule has 0 spiro atoms. The van der Waals surface area contributed by atoms with E-state index in [1.54, 1.807) is 24.3 Å². The van der Waals surface area contributed by atoms with Crippen LogP contribution >= 0.6 is 0 Å². The number of hydrogen-bond acceptors (Lipinski definition) is 6. The number of hydrogen-bond donors (Lipinski definition) is 1. The van der Waals surface area contributed by atoms with Crippen molar-refractivity contribution in [1.82, 2.24) is 29.5 Å². The van der Waals surface area contributed by atoms with Gasteiger partial charge in [-0.05, 0) is 67.9 Å². The topological polar surface area (TPSA) is 100 Å². The van der Waals surface area contributed by atoms with Crippen LogP contribution in [0, 0.1) is 6.92 Å². The van der Waals surface area contributed by atoms with E-state index in [1.165, 1.54) is 29.1 Å². The number of carbonyl (C=O) groups excluding carboxylic acids is 1. The summed E-state index contributed by atoms with van der Waals surface area (Å²) in [6, 6.07) is 12.2. The Balaban J connectivity index is 1.19. The summed E-state index contributed by atoms with van der Waals surface area (Å²) in [6.07, 6.45) is 8.12. The smallest absolute Gasteiger partial charge is 0.264 e. The van der Waals surface area contributed by atoms with Gasteiger partial charge in [-0.2, -0.15) is 0 Å². The van der Waals surface area contributed by atoms with Crippen molar-refractivity contribution in [3.05, 3.63) is 89.0 Å². The Morgan fingerprint density at radius 3 is 2.63 bits per heavy atom. The number of alkyl halides is 1. The lowest BCUT2D eigenvalue weighted by Crippen LogP contribution is -2.50. The first-order valence-electron chi connectivity index (χ1n) is 14.2. The van der Waals surface area contributed by atoms with Gasteiger partial charge >= 0.3 is 0 Å². The van der Waals surface area contributed by atoms with Crippen LogP contribution in [-0.4, -0.2) is 63.8 Å². The molecule has 3 aliphatic rings. The van der Waals surface area contributed by atoms with Gasteiger partial charge in [0.2, 0.25) is 5.91 Å². The molecule has 6 rings (SSSR count). The van der Waals surface area contributed by atoms with Gasteiger partial charge in [-0.3, -0.25) is 14.0 Å². The van der Waals surface area contributed by atoms with Crippen molar-refractivity contribution < 1.29 is 17.6 Å². The zero-order valence-corrected chi connectivity index (χ0v) is 23.9. The summed E-state index contributed by atoms with van der Waals surface area (Å²) in [5.74, 6) is -0.413. The molecule has 0 bridgehead atoms. The van der Waals surface area contributed by atoms with Crippen LogP contribution in [0.25, 0.3) is 0 Å². The number of nitrogens with zero attached hydrogens (tertiary/aromatic N) is 5. The Bertz CT molecular complexity index is 1550. The van der Waals surface area contributed by atoms with Crippen molar-refractivity contribution in [3.63, 3.8) is 0 Å². The molecule has 0 radical (unpaired) electrons. The molecule has 0 saturated carbocycles. The summed E-state index contributed by atoms with van der Waals surface area (Å²) in [7, 11) is -3.94. The minimum Gasteiger partial charge on any atom is -0.329 e. The molecule has 2 atom stereocenters. The van der Waals surface area contributed by atoms with Gasteiger partial charge in [0, 0.05) is 44.7 Å². The van der Waals surface area contributed by atoms with Gasteiger partial charge in [0.05, 0.1) is 16.6 Å². The van der Waals surface area contributed by atoms with Crippen molar-refractivity contribution in [1.29, 1.82) is 0 Å². The van der Waals surface area contributed by atoms with Crippen molar-refractivity contribution in [2.45, 2.75) is 75.1 Å². The largest absolute Gasteiger partial charge is 0.329 e. The predicted octanol–water partition coefficient (Wildman–Crippen LogP) is 3.65. The zero-order chi connectivity index (χ0) is 28.6. The molecular weight excluding hydrogens is 543 g/mol. The van der Waals surface area contributed by atoms with Crippen LogP contribution in [0.2, 0.25) is 0 Å². The first-order chi connectivity index (χ1) is 19.8. The number of sulfonamides is 1. The quantitative estimate of drug-likeness (QED) is 0.460. The van der Waals surface area contributed by atoms with Crippen LogP contribution in [0.3, 0.4) is 0 Å². The normalized spacial score (nSPS) is 22.0. The number of aryl methyl sites for hydroxylation is 2. The Morgan fingerprint density at radius 1 is 1.07 bits per heavy atom. The van der Waals surface area contributed by atoms with Crippen molar-refractivity contribution in [2.24, 2.45) is 0 Å². The molecule has 3 heterocycles. The van der Waals surface area contributed by atoms with Gasteiger partial charge in [0.15, 0.2) is 0 Å². The molecule has 1 aromatic heterocycles. The predicted molar refractivity (Wildman–Crippen MR) is 152 cm³/mol. The van der Waals surface area contributed by atoms with E-state index >= 15 is 0 Å². The van der Waals surface area contributed by atoms with Gasteiger partial charge in [-0.15, -0.1) is 5.10 Å². The maximum Gasteiger partial charge on any atom is 0.264 e. The number of rotatable bonds is 7. The summed E-state index contributed by atoms with van der Waals surface area (Å²) >= 11 is 0. The number of benzene rings is 2. The Labute approximate surface area is 240 Å². The molecule has 3 aromatic rings. The zero-order valence-electron chi connectivity index (χ0n) is 23.1. The fourth-order valence-corrected chi connectivity index (χ4v) is 7.51. The number of halogens is 1.